The molecule has 1 aromatic heterocycles. The molecule has 0 atom stereocenters. The van der Waals surface area contributed by atoms with Gasteiger partial charge >= 0.3 is 6.03 Å². The Kier molecular flexibility index (Phi) is 4.85. The van der Waals surface area contributed by atoms with Crippen molar-refractivity contribution in [1.82, 2.24) is 20.0 Å². The summed E-state index contributed by atoms with van der Waals surface area (Å²) in [6.07, 6.45) is 2.65. The van der Waals surface area contributed by atoms with Crippen molar-refractivity contribution in [2.75, 3.05) is 26.2 Å². The van der Waals surface area contributed by atoms with Gasteiger partial charge in [0.2, 0.25) is 0 Å². The molecule has 2 amide bonds. The molecule has 6 heteroatoms. The van der Waals surface area contributed by atoms with E-state index in [1.54, 1.807) is 0 Å². The second-order valence-corrected chi connectivity index (χ2v) is 6.60. The number of carbonyl (C=O) groups excluding carboxylic acids is 1. The number of para-hydroxylation sites is 1. The first-order valence-electron chi connectivity index (χ1n) is 8.30. The first kappa shape index (κ1) is 16.5. The van der Waals surface area contributed by atoms with Crippen LogP contribution in [0.1, 0.15) is 19.5 Å². The Hall–Kier alpha value is -2.34. The molecule has 0 saturated carbocycles. The van der Waals surface area contributed by atoms with Crippen LogP contribution in [0.15, 0.2) is 42.6 Å². The molecule has 2 aromatic rings. The van der Waals surface area contributed by atoms with Crippen molar-refractivity contribution in [3.05, 3.63) is 48.3 Å². The largest absolute Gasteiger partial charge is 0.372 e. The predicted molar refractivity (Wildman–Crippen MR) is 92.3 cm³/mol. The zero-order chi connectivity index (χ0) is 17.0. The van der Waals surface area contributed by atoms with E-state index in [2.05, 4.69) is 10.4 Å². The van der Waals surface area contributed by atoms with Gasteiger partial charge in [0, 0.05) is 25.7 Å². The van der Waals surface area contributed by atoms with Gasteiger partial charge in [-0.05, 0) is 32.0 Å². The monoisotopic (exact) mass is 328 g/mol. The minimum absolute atomic E-state index is 0.0335. The molecule has 1 saturated heterocycles. The number of ether oxygens (including phenoxy) is 1. The lowest BCUT2D eigenvalue weighted by Gasteiger charge is -2.38. The molecule has 6 nitrogen and oxygen atoms in total. The van der Waals surface area contributed by atoms with E-state index in [1.165, 1.54) is 0 Å². The smallest absolute Gasteiger partial charge is 0.317 e. The van der Waals surface area contributed by atoms with Gasteiger partial charge in [0.05, 0.1) is 30.1 Å². The van der Waals surface area contributed by atoms with Crippen LogP contribution in [0.4, 0.5) is 4.79 Å². The van der Waals surface area contributed by atoms with Crippen molar-refractivity contribution in [2.24, 2.45) is 0 Å². The van der Waals surface area contributed by atoms with Gasteiger partial charge in [-0.2, -0.15) is 5.10 Å². The number of nitrogens with zero attached hydrogens (tertiary/aromatic N) is 3. The number of urea groups is 1. The molecular weight excluding hydrogens is 304 g/mol. The summed E-state index contributed by atoms with van der Waals surface area (Å²) >= 11 is 0. The summed E-state index contributed by atoms with van der Waals surface area (Å²) in [5.41, 5.74) is 1.72. The molecule has 1 aromatic carbocycles. The van der Waals surface area contributed by atoms with E-state index in [4.69, 9.17) is 4.74 Å². The number of benzene rings is 1. The third-order valence-corrected chi connectivity index (χ3v) is 4.04. The van der Waals surface area contributed by atoms with Crippen LogP contribution in [0.3, 0.4) is 0 Å². The minimum Gasteiger partial charge on any atom is -0.372 e. The molecule has 0 spiro atoms. The first-order chi connectivity index (χ1) is 11.5. The Bertz CT molecular complexity index is 681. The zero-order valence-electron chi connectivity index (χ0n) is 14.2. The number of aromatic nitrogens is 2. The number of amides is 2. The third kappa shape index (κ3) is 4.14. The second kappa shape index (κ2) is 7.05. The molecule has 0 aliphatic carbocycles. The highest BCUT2D eigenvalue weighted by Crippen LogP contribution is 2.16. The predicted octanol–water partition coefficient (Wildman–Crippen LogP) is 2.24. The summed E-state index contributed by atoms with van der Waals surface area (Å²) in [6.45, 7) is 6.41. The second-order valence-electron chi connectivity index (χ2n) is 6.60. The van der Waals surface area contributed by atoms with Gasteiger partial charge in [-0.15, -0.1) is 0 Å². The zero-order valence-corrected chi connectivity index (χ0v) is 14.2. The van der Waals surface area contributed by atoms with E-state index in [9.17, 15) is 4.79 Å². The van der Waals surface area contributed by atoms with E-state index in [0.717, 1.165) is 11.4 Å². The number of nitrogens with one attached hydrogen (secondary N) is 1. The van der Waals surface area contributed by atoms with E-state index in [-0.39, 0.29) is 11.6 Å². The summed E-state index contributed by atoms with van der Waals surface area (Å²) in [5, 5.41) is 7.51. The summed E-state index contributed by atoms with van der Waals surface area (Å²) < 4.78 is 7.48. The van der Waals surface area contributed by atoms with Crippen molar-refractivity contribution in [1.29, 1.82) is 0 Å². The normalized spacial score (nSPS) is 16.8. The van der Waals surface area contributed by atoms with Gasteiger partial charge in [0.1, 0.15) is 0 Å². The van der Waals surface area contributed by atoms with Crippen molar-refractivity contribution in [3.8, 4) is 5.69 Å². The number of hydrogen-bond acceptors (Lipinski definition) is 3. The van der Waals surface area contributed by atoms with Crippen molar-refractivity contribution >= 4 is 6.03 Å². The van der Waals surface area contributed by atoms with E-state index >= 15 is 0 Å². The van der Waals surface area contributed by atoms with Gasteiger partial charge in [-0.1, -0.05) is 18.2 Å². The molecule has 24 heavy (non-hydrogen) atoms. The molecule has 3 rings (SSSR count). The van der Waals surface area contributed by atoms with Crippen LogP contribution in [0.25, 0.3) is 5.69 Å². The van der Waals surface area contributed by atoms with Gasteiger partial charge in [-0.25, -0.2) is 9.48 Å². The maximum atomic E-state index is 12.2. The quantitative estimate of drug-likeness (QED) is 0.936. The fourth-order valence-electron chi connectivity index (χ4n) is 2.82. The van der Waals surface area contributed by atoms with Crippen LogP contribution in [0.5, 0.6) is 0 Å². The Morgan fingerprint density at radius 3 is 2.83 bits per heavy atom. The molecule has 1 N–H and O–H groups in total. The van der Waals surface area contributed by atoms with Gasteiger partial charge < -0.3 is 15.0 Å². The molecule has 2 heterocycles. The van der Waals surface area contributed by atoms with E-state index in [1.807, 2.05) is 66.0 Å². The summed E-state index contributed by atoms with van der Waals surface area (Å²) in [4.78, 5) is 14.0. The minimum atomic E-state index is -0.274. The fourth-order valence-corrected chi connectivity index (χ4v) is 2.82. The molecule has 128 valence electrons. The van der Waals surface area contributed by atoms with Crippen LogP contribution in [0, 0.1) is 0 Å². The molecule has 0 radical (unpaired) electrons. The Labute approximate surface area is 142 Å². The lowest BCUT2D eigenvalue weighted by atomic mass is 10.1. The average molecular weight is 328 g/mol. The van der Waals surface area contributed by atoms with Gasteiger partial charge in [0.25, 0.3) is 0 Å². The first-order valence-corrected chi connectivity index (χ1v) is 8.30. The third-order valence-electron chi connectivity index (χ3n) is 4.04. The SMILES string of the molecule is CC1(C)CN(C(=O)NCCc2ccn(-c3ccccc3)n2)CCO1. The lowest BCUT2D eigenvalue weighted by molar-refractivity contribution is -0.0733. The highest BCUT2D eigenvalue weighted by atomic mass is 16.5. The molecule has 1 aliphatic heterocycles. The van der Waals surface area contributed by atoms with Crippen molar-refractivity contribution in [2.45, 2.75) is 25.9 Å². The maximum absolute atomic E-state index is 12.2. The maximum Gasteiger partial charge on any atom is 0.317 e. The number of morpholine rings is 1. The van der Waals surface area contributed by atoms with Crippen LogP contribution in [-0.4, -0.2) is 52.6 Å². The summed E-state index contributed by atoms with van der Waals surface area (Å²) in [7, 11) is 0. The Morgan fingerprint density at radius 1 is 1.29 bits per heavy atom. The Balaban J connectivity index is 1.48. The Morgan fingerprint density at radius 2 is 2.08 bits per heavy atom. The summed E-state index contributed by atoms with van der Waals surface area (Å²) in [5.74, 6) is 0. The van der Waals surface area contributed by atoms with Crippen LogP contribution in [0.2, 0.25) is 0 Å². The average Bonchev–Trinajstić information content (AvgIpc) is 3.03. The van der Waals surface area contributed by atoms with Crippen LogP contribution in [-0.2, 0) is 11.2 Å². The molecular formula is C18H24N4O2. The summed E-state index contributed by atoms with van der Waals surface area (Å²) in [6, 6.07) is 11.9. The van der Waals surface area contributed by atoms with E-state index in [0.29, 0.717) is 32.7 Å². The van der Waals surface area contributed by atoms with Crippen molar-refractivity contribution in [3.63, 3.8) is 0 Å². The molecule has 0 unspecified atom stereocenters. The van der Waals surface area contributed by atoms with Gasteiger partial charge in [0.15, 0.2) is 0 Å². The van der Waals surface area contributed by atoms with E-state index < -0.39 is 0 Å². The fraction of sp³-hybridized carbons (Fsp3) is 0.444. The van der Waals surface area contributed by atoms with Crippen molar-refractivity contribution < 1.29 is 9.53 Å². The van der Waals surface area contributed by atoms with Crippen LogP contribution < -0.4 is 5.32 Å². The molecule has 0 bridgehead atoms. The van der Waals surface area contributed by atoms with Gasteiger partial charge in [-0.3, -0.25) is 0 Å². The number of rotatable bonds is 4. The molecule has 1 fully saturated rings. The topological polar surface area (TPSA) is 59.4 Å². The standard InChI is InChI=1S/C18H24N4O2/c1-18(2)14-21(12-13-24-18)17(23)19-10-8-15-9-11-22(20-15)16-6-4-3-5-7-16/h3-7,9,11H,8,10,12-14H2,1-2H3,(H,19,23). The number of carbonyl (C=O) groups is 1. The van der Waals surface area contributed by atoms with Crippen LogP contribution >= 0.6 is 0 Å². The highest BCUT2D eigenvalue weighted by Gasteiger charge is 2.29. The molecule has 1 aliphatic rings. The number of hydrogen-bond donors (Lipinski definition) is 1. The highest BCUT2D eigenvalue weighted by molar-refractivity contribution is 5.74. The lowest BCUT2D eigenvalue weighted by Crippen LogP contribution is -2.53.